The van der Waals surface area contributed by atoms with Crippen LogP contribution in [0.2, 0.25) is 0 Å². The largest absolute Gasteiger partial charge is 0.350 e. The average molecular weight is 494 g/mol. The van der Waals surface area contributed by atoms with E-state index in [-0.39, 0.29) is 19.0 Å². The molecule has 1 heterocycles. The van der Waals surface area contributed by atoms with Crippen LogP contribution in [0.25, 0.3) is 0 Å². The zero-order valence-corrected chi connectivity index (χ0v) is 19.1. The van der Waals surface area contributed by atoms with Gasteiger partial charge in [-0.3, -0.25) is 13.9 Å². The predicted octanol–water partition coefficient (Wildman–Crippen LogP) is 2.65. The number of likely N-dealkylation sites (tertiary alicyclic amines) is 1. The molecule has 2 aromatic rings. The summed E-state index contributed by atoms with van der Waals surface area (Å²) in [6.45, 7) is 1.21. The summed E-state index contributed by atoms with van der Waals surface area (Å²) in [5.74, 6) is -0.262. The molecular weight excluding hydrogens is 470 g/mol. The van der Waals surface area contributed by atoms with Crippen LogP contribution in [0.15, 0.2) is 53.0 Å². The van der Waals surface area contributed by atoms with E-state index in [1.54, 1.807) is 24.3 Å². The molecule has 9 heteroatoms. The highest BCUT2D eigenvalue weighted by atomic mass is 79.9. The number of carbonyl (C=O) groups is 2. The molecule has 3 rings (SSSR count). The fourth-order valence-electron chi connectivity index (χ4n) is 3.35. The Morgan fingerprint density at radius 2 is 1.80 bits per heavy atom. The van der Waals surface area contributed by atoms with E-state index < -0.39 is 15.9 Å². The van der Waals surface area contributed by atoms with Crippen LogP contribution in [0.3, 0.4) is 0 Å². The van der Waals surface area contributed by atoms with Gasteiger partial charge in [0.2, 0.25) is 21.8 Å². The molecule has 2 amide bonds. The minimum Gasteiger partial charge on any atom is -0.350 e. The summed E-state index contributed by atoms with van der Waals surface area (Å²) in [5.41, 5.74) is 2.30. The van der Waals surface area contributed by atoms with Crippen molar-refractivity contribution in [3.05, 3.63) is 64.1 Å². The highest BCUT2D eigenvalue weighted by molar-refractivity contribution is 9.10. The van der Waals surface area contributed by atoms with E-state index in [2.05, 4.69) is 21.2 Å². The van der Waals surface area contributed by atoms with Crippen LogP contribution in [0.5, 0.6) is 0 Å². The number of nitrogens with one attached hydrogen (secondary N) is 1. The maximum atomic E-state index is 12.5. The molecule has 0 atom stereocenters. The van der Waals surface area contributed by atoms with Gasteiger partial charge in [-0.05, 0) is 41.8 Å². The van der Waals surface area contributed by atoms with Gasteiger partial charge in [-0.1, -0.05) is 40.2 Å². The first-order valence-electron chi connectivity index (χ1n) is 9.58. The number of carbonyl (C=O) groups excluding carboxylic acids is 2. The van der Waals surface area contributed by atoms with Crippen LogP contribution in [0.1, 0.15) is 24.0 Å². The molecule has 1 fully saturated rings. The molecule has 0 radical (unpaired) electrons. The fraction of sp³-hybridized carbons (Fsp3) is 0.333. The molecule has 160 valence electrons. The monoisotopic (exact) mass is 493 g/mol. The molecule has 0 aromatic heterocycles. The second-order valence-electron chi connectivity index (χ2n) is 7.21. The van der Waals surface area contributed by atoms with Gasteiger partial charge in [0, 0.05) is 30.5 Å². The van der Waals surface area contributed by atoms with Crippen molar-refractivity contribution in [2.75, 3.05) is 23.7 Å². The first kappa shape index (κ1) is 22.3. The summed E-state index contributed by atoms with van der Waals surface area (Å²) in [4.78, 5) is 26.3. The zero-order valence-electron chi connectivity index (χ0n) is 16.7. The topological polar surface area (TPSA) is 86.8 Å². The van der Waals surface area contributed by atoms with Gasteiger partial charge in [-0.25, -0.2) is 8.42 Å². The summed E-state index contributed by atoms with van der Waals surface area (Å²) >= 11 is 3.32. The molecular formula is C21H24BrN3O4S. The lowest BCUT2D eigenvalue weighted by Crippen LogP contribution is -2.40. The van der Waals surface area contributed by atoms with E-state index in [1.807, 2.05) is 29.2 Å². The van der Waals surface area contributed by atoms with Crippen molar-refractivity contribution in [3.8, 4) is 0 Å². The van der Waals surface area contributed by atoms with Crippen LogP contribution in [-0.2, 0) is 32.7 Å². The van der Waals surface area contributed by atoms with Gasteiger partial charge in [0.25, 0.3) is 0 Å². The zero-order chi connectivity index (χ0) is 21.7. The number of hydrogen-bond donors (Lipinski definition) is 1. The van der Waals surface area contributed by atoms with Gasteiger partial charge in [0.1, 0.15) is 6.54 Å². The van der Waals surface area contributed by atoms with Crippen LogP contribution in [0.4, 0.5) is 5.69 Å². The summed E-state index contributed by atoms with van der Waals surface area (Å²) in [7, 11) is -3.63. The minimum absolute atomic E-state index is 0.145. The predicted molar refractivity (Wildman–Crippen MR) is 119 cm³/mol. The fourth-order valence-corrected chi connectivity index (χ4v) is 4.47. The Bertz CT molecular complexity index is 1020. The van der Waals surface area contributed by atoms with Gasteiger partial charge >= 0.3 is 0 Å². The first-order valence-corrected chi connectivity index (χ1v) is 12.2. The Morgan fingerprint density at radius 3 is 2.40 bits per heavy atom. The first-order chi connectivity index (χ1) is 14.2. The van der Waals surface area contributed by atoms with Crippen LogP contribution < -0.4 is 9.62 Å². The minimum atomic E-state index is -3.63. The van der Waals surface area contributed by atoms with Crippen molar-refractivity contribution in [1.82, 2.24) is 10.2 Å². The normalized spacial score (nSPS) is 14.1. The molecule has 0 aliphatic carbocycles. The van der Waals surface area contributed by atoms with E-state index in [0.29, 0.717) is 18.7 Å². The van der Waals surface area contributed by atoms with Crippen LogP contribution >= 0.6 is 15.9 Å². The van der Waals surface area contributed by atoms with Gasteiger partial charge in [0.05, 0.1) is 11.9 Å². The van der Waals surface area contributed by atoms with Crippen molar-refractivity contribution < 1.29 is 18.0 Å². The average Bonchev–Trinajstić information content (AvgIpc) is 3.10. The third kappa shape index (κ3) is 5.82. The number of halogens is 1. The lowest BCUT2D eigenvalue weighted by molar-refractivity contribution is -0.128. The molecule has 7 nitrogen and oxygen atoms in total. The van der Waals surface area contributed by atoms with E-state index in [9.17, 15) is 18.0 Å². The van der Waals surface area contributed by atoms with Crippen molar-refractivity contribution in [2.24, 2.45) is 0 Å². The van der Waals surface area contributed by atoms with E-state index >= 15 is 0 Å². The Kier molecular flexibility index (Phi) is 7.14. The molecule has 0 spiro atoms. The summed E-state index contributed by atoms with van der Waals surface area (Å²) in [6.07, 6.45) is 2.52. The molecule has 30 heavy (non-hydrogen) atoms. The number of hydrogen-bond acceptors (Lipinski definition) is 4. The lowest BCUT2D eigenvalue weighted by Gasteiger charge is -2.22. The Labute approximate surface area is 185 Å². The molecule has 1 saturated heterocycles. The summed E-state index contributed by atoms with van der Waals surface area (Å²) in [5, 5.41) is 2.80. The Balaban J connectivity index is 1.66. The third-order valence-electron chi connectivity index (χ3n) is 4.93. The van der Waals surface area contributed by atoms with Gasteiger partial charge in [-0.15, -0.1) is 0 Å². The van der Waals surface area contributed by atoms with Gasteiger partial charge < -0.3 is 10.2 Å². The SMILES string of the molecule is CS(=O)(=O)N(CC(=O)NCc1ccccc1CN1CCCC1=O)c1ccc(Br)cc1. The van der Waals surface area contributed by atoms with E-state index in [4.69, 9.17) is 0 Å². The maximum Gasteiger partial charge on any atom is 0.241 e. The second-order valence-corrected chi connectivity index (χ2v) is 10.0. The summed E-state index contributed by atoms with van der Waals surface area (Å²) in [6, 6.07) is 14.3. The van der Waals surface area contributed by atoms with E-state index in [0.717, 1.165) is 39.1 Å². The van der Waals surface area contributed by atoms with Crippen LogP contribution in [-0.4, -0.2) is 44.5 Å². The van der Waals surface area contributed by atoms with Crippen molar-refractivity contribution in [3.63, 3.8) is 0 Å². The number of rotatable bonds is 8. The molecule has 1 N–H and O–H groups in total. The van der Waals surface area contributed by atoms with Crippen molar-refractivity contribution in [2.45, 2.75) is 25.9 Å². The molecule has 0 bridgehead atoms. The molecule has 1 aliphatic heterocycles. The molecule has 2 aromatic carbocycles. The quantitative estimate of drug-likeness (QED) is 0.612. The lowest BCUT2D eigenvalue weighted by atomic mass is 10.1. The standard InChI is InChI=1S/C21H24BrN3O4S/c1-30(28,29)25(19-10-8-18(22)9-11-19)15-20(26)23-13-16-5-2-3-6-17(16)14-24-12-4-7-21(24)27/h2-3,5-6,8-11H,4,7,12-15H2,1H3,(H,23,26). The van der Waals surface area contributed by atoms with Crippen LogP contribution in [0, 0.1) is 0 Å². The number of benzene rings is 2. The molecule has 1 aliphatic rings. The second kappa shape index (κ2) is 9.61. The highest BCUT2D eigenvalue weighted by Crippen LogP contribution is 2.21. The number of amides is 2. The van der Waals surface area contributed by atoms with Gasteiger partial charge in [0.15, 0.2) is 0 Å². The maximum absolute atomic E-state index is 12.5. The van der Waals surface area contributed by atoms with Crippen molar-refractivity contribution in [1.29, 1.82) is 0 Å². The Morgan fingerprint density at radius 1 is 1.13 bits per heavy atom. The smallest absolute Gasteiger partial charge is 0.241 e. The summed E-state index contributed by atoms with van der Waals surface area (Å²) < 4.78 is 26.3. The van der Waals surface area contributed by atoms with Gasteiger partial charge in [-0.2, -0.15) is 0 Å². The molecule has 0 saturated carbocycles. The number of nitrogens with zero attached hydrogens (tertiary/aromatic N) is 2. The van der Waals surface area contributed by atoms with Crippen molar-refractivity contribution >= 4 is 43.5 Å². The van der Waals surface area contributed by atoms with E-state index in [1.165, 1.54) is 0 Å². The third-order valence-corrected chi connectivity index (χ3v) is 6.60. The Hall–Kier alpha value is -2.39. The highest BCUT2D eigenvalue weighted by Gasteiger charge is 2.22. The molecule has 0 unspecified atom stereocenters. The number of anilines is 1. The number of sulfonamides is 1.